The number of hydrogen-bond acceptors (Lipinski definition) is 8. The van der Waals surface area contributed by atoms with Gasteiger partial charge in [-0.1, -0.05) is 5.16 Å². The van der Waals surface area contributed by atoms with E-state index in [0.717, 1.165) is 38.4 Å². The summed E-state index contributed by atoms with van der Waals surface area (Å²) < 4.78 is 39.9. The Bertz CT molecular complexity index is 1020. The molecule has 0 atom stereocenters. The normalized spacial score (nSPS) is 19.1. The maximum atomic E-state index is 12.3. The van der Waals surface area contributed by atoms with Crippen molar-refractivity contribution < 1.29 is 27.2 Å². The second-order valence-corrected chi connectivity index (χ2v) is 10.5. The Balaban J connectivity index is 1.24. The zero-order valence-electron chi connectivity index (χ0n) is 17.7. The van der Waals surface area contributed by atoms with Crippen molar-refractivity contribution in [2.75, 3.05) is 19.3 Å². The summed E-state index contributed by atoms with van der Waals surface area (Å²) in [4.78, 5) is 18.6. The van der Waals surface area contributed by atoms with Gasteiger partial charge in [0.25, 0.3) is 5.89 Å². The predicted molar refractivity (Wildman–Crippen MR) is 111 cm³/mol. The molecule has 1 aromatic heterocycles. The molecule has 2 fully saturated rings. The first-order valence-corrected chi connectivity index (χ1v) is 12.3. The number of piperidine rings is 1. The van der Waals surface area contributed by atoms with Gasteiger partial charge in [-0.2, -0.15) is 4.98 Å². The highest BCUT2D eigenvalue weighted by atomic mass is 32.2. The monoisotopic (exact) mass is 449 g/mol. The quantitative estimate of drug-likeness (QED) is 0.661. The summed E-state index contributed by atoms with van der Waals surface area (Å²) in [5.74, 6) is 0.725. The van der Waals surface area contributed by atoms with Crippen LogP contribution in [0.5, 0.6) is 0 Å². The molecular weight excluding hydrogens is 422 g/mol. The lowest BCUT2D eigenvalue weighted by Gasteiger charge is -2.40. The van der Waals surface area contributed by atoms with Gasteiger partial charge in [-0.3, -0.25) is 0 Å². The van der Waals surface area contributed by atoms with Gasteiger partial charge >= 0.3 is 6.09 Å². The molecule has 168 valence electrons. The number of amides is 1. The average molecular weight is 450 g/mol. The smallest absolute Gasteiger partial charge is 0.410 e. The molecule has 2 aromatic rings. The van der Waals surface area contributed by atoms with Crippen LogP contribution in [0.1, 0.15) is 44.9 Å². The zero-order chi connectivity index (χ0) is 22.1. The van der Waals surface area contributed by atoms with Gasteiger partial charge in [-0.05, 0) is 63.3 Å². The van der Waals surface area contributed by atoms with Gasteiger partial charge in [0.2, 0.25) is 0 Å². The lowest BCUT2D eigenvalue weighted by atomic mass is 9.82. The van der Waals surface area contributed by atoms with E-state index in [2.05, 4.69) is 10.1 Å². The van der Waals surface area contributed by atoms with Crippen LogP contribution < -0.4 is 0 Å². The fourth-order valence-electron chi connectivity index (χ4n) is 3.72. The Hall–Kier alpha value is -2.46. The number of likely N-dealkylation sites (tertiary alicyclic amines) is 1. The first-order chi connectivity index (χ1) is 14.7. The Morgan fingerprint density at radius 3 is 2.48 bits per heavy atom. The lowest BCUT2D eigenvalue weighted by molar-refractivity contribution is -0.0581. The summed E-state index contributed by atoms with van der Waals surface area (Å²) in [5.41, 5.74) is 0.351. The van der Waals surface area contributed by atoms with Crippen molar-refractivity contribution in [3.05, 3.63) is 30.1 Å². The topological polar surface area (TPSA) is 112 Å². The molecule has 1 aliphatic heterocycles. The maximum Gasteiger partial charge on any atom is 0.410 e. The standard InChI is InChI=1S/C21H27N3O6S/c1-21(10-3-11-21)29-20(25)24-12-8-16(9-13-24)28-14-18-22-19(30-23-18)15-4-6-17(7-5-15)31(2,26)27/h4-7,16H,3,8-14H2,1-2H3. The van der Waals surface area contributed by atoms with Crippen LogP contribution in [0.25, 0.3) is 11.5 Å². The van der Waals surface area contributed by atoms with Crippen molar-refractivity contribution >= 4 is 15.9 Å². The van der Waals surface area contributed by atoms with Gasteiger partial charge in [-0.25, -0.2) is 13.2 Å². The number of carbonyl (C=O) groups excluding carboxylic acids is 1. The minimum Gasteiger partial charge on any atom is -0.443 e. The molecule has 31 heavy (non-hydrogen) atoms. The van der Waals surface area contributed by atoms with Crippen LogP contribution in [0.15, 0.2) is 33.7 Å². The summed E-state index contributed by atoms with van der Waals surface area (Å²) in [6.45, 7) is 3.40. The number of nitrogens with zero attached hydrogens (tertiary/aromatic N) is 3. The molecule has 2 aliphatic rings. The van der Waals surface area contributed by atoms with E-state index in [1.807, 2.05) is 6.92 Å². The van der Waals surface area contributed by atoms with E-state index in [-0.39, 0.29) is 29.3 Å². The third kappa shape index (κ3) is 5.24. The predicted octanol–water partition coefficient (Wildman–Crippen LogP) is 3.20. The molecule has 0 N–H and O–H groups in total. The molecule has 0 unspecified atom stereocenters. The first-order valence-electron chi connectivity index (χ1n) is 10.4. The minimum absolute atomic E-state index is 0.0133. The van der Waals surface area contributed by atoms with Gasteiger partial charge in [0.05, 0.1) is 11.0 Å². The van der Waals surface area contributed by atoms with Gasteiger partial charge in [0, 0.05) is 24.9 Å². The molecular formula is C21H27N3O6S. The lowest BCUT2D eigenvalue weighted by Crippen LogP contribution is -2.47. The highest BCUT2D eigenvalue weighted by molar-refractivity contribution is 7.90. The average Bonchev–Trinajstić information content (AvgIpc) is 3.20. The molecule has 0 radical (unpaired) electrons. The summed E-state index contributed by atoms with van der Waals surface area (Å²) >= 11 is 0. The van der Waals surface area contributed by atoms with Crippen molar-refractivity contribution in [3.8, 4) is 11.5 Å². The van der Waals surface area contributed by atoms with E-state index in [9.17, 15) is 13.2 Å². The first kappa shape index (κ1) is 21.8. The van der Waals surface area contributed by atoms with E-state index in [1.165, 1.54) is 12.1 Å². The van der Waals surface area contributed by atoms with Crippen molar-refractivity contribution in [1.82, 2.24) is 15.0 Å². The number of hydrogen-bond donors (Lipinski definition) is 0. The van der Waals surface area contributed by atoms with E-state index < -0.39 is 9.84 Å². The molecule has 1 aromatic carbocycles. The third-order valence-electron chi connectivity index (χ3n) is 5.89. The van der Waals surface area contributed by atoms with Crippen molar-refractivity contribution in [2.24, 2.45) is 0 Å². The largest absolute Gasteiger partial charge is 0.443 e. The number of ether oxygens (including phenoxy) is 2. The van der Waals surface area contributed by atoms with Crippen LogP contribution in [-0.2, 0) is 25.9 Å². The second kappa shape index (κ2) is 8.58. The highest BCUT2D eigenvalue weighted by Crippen LogP contribution is 2.35. The summed E-state index contributed by atoms with van der Waals surface area (Å²) in [5, 5.41) is 3.93. The molecule has 1 saturated carbocycles. The Labute approximate surface area is 181 Å². The molecule has 1 amide bonds. The van der Waals surface area contributed by atoms with Crippen LogP contribution >= 0.6 is 0 Å². The van der Waals surface area contributed by atoms with Crippen LogP contribution in [0.2, 0.25) is 0 Å². The van der Waals surface area contributed by atoms with Gasteiger partial charge < -0.3 is 18.9 Å². The van der Waals surface area contributed by atoms with Crippen molar-refractivity contribution in [3.63, 3.8) is 0 Å². The maximum absolute atomic E-state index is 12.3. The van der Waals surface area contributed by atoms with E-state index in [0.29, 0.717) is 30.4 Å². The summed E-state index contributed by atoms with van der Waals surface area (Å²) in [6.07, 6.45) is 5.38. The zero-order valence-corrected chi connectivity index (χ0v) is 18.6. The number of carbonyl (C=O) groups is 1. The fraction of sp³-hybridized carbons (Fsp3) is 0.571. The number of rotatable bonds is 6. The second-order valence-electron chi connectivity index (χ2n) is 8.48. The summed E-state index contributed by atoms with van der Waals surface area (Å²) in [7, 11) is -3.25. The fourth-order valence-corrected chi connectivity index (χ4v) is 4.35. The molecule has 1 aliphatic carbocycles. The van der Waals surface area contributed by atoms with Crippen LogP contribution in [0.3, 0.4) is 0 Å². The number of sulfone groups is 1. The number of aromatic nitrogens is 2. The van der Waals surface area contributed by atoms with E-state index >= 15 is 0 Å². The molecule has 1 saturated heterocycles. The Morgan fingerprint density at radius 1 is 1.23 bits per heavy atom. The van der Waals surface area contributed by atoms with Crippen LogP contribution in [0, 0.1) is 0 Å². The van der Waals surface area contributed by atoms with E-state index in [4.69, 9.17) is 14.0 Å². The minimum atomic E-state index is -3.25. The summed E-state index contributed by atoms with van der Waals surface area (Å²) in [6, 6.07) is 6.28. The highest BCUT2D eigenvalue weighted by Gasteiger charge is 2.37. The van der Waals surface area contributed by atoms with E-state index in [1.54, 1.807) is 17.0 Å². The van der Waals surface area contributed by atoms with Crippen LogP contribution in [-0.4, -0.2) is 60.6 Å². The Kier molecular flexibility index (Phi) is 6.02. The van der Waals surface area contributed by atoms with Gasteiger partial charge in [-0.15, -0.1) is 0 Å². The molecule has 0 bridgehead atoms. The van der Waals surface area contributed by atoms with Gasteiger partial charge in [0.1, 0.15) is 12.2 Å². The molecule has 9 nitrogen and oxygen atoms in total. The molecule has 10 heteroatoms. The molecule has 0 spiro atoms. The molecule has 4 rings (SSSR count). The Morgan fingerprint density at radius 2 is 1.90 bits per heavy atom. The SMILES string of the molecule is CC1(OC(=O)N2CCC(OCc3noc(-c4ccc(S(C)(=O)=O)cc4)n3)CC2)CCC1. The number of benzene rings is 1. The van der Waals surface area contributed by atoms with Crippen LogP contribution in [0.4, 0.5) is 4.79 Å². The molecule has 2 heterocycles. The van der Waals surface area contributed by atoms with Crippen molar-refractivity contribution in [1.29, 1.82) is 0 Å². The van der Waals surface area contributed by atoms with Crippen molar-refractivity contribution in [2.45, 2.75) is 62.2 Å². The third-order valence-corrected chi connectivity index (χ3v) is 7.02. The van der Waals surface area contributed by atoms with Gasteiger partial charge in [0.15, 0.2) is 15.7 Å².